The van der Waals surface area contributed by atoms with Gasteiger partial charge in [0, 0.05) is 41.6 Å². The third kappa shape index (κ3) is 4.14. The largest absolute Gasteiger partial charge is 0.618 e. The quantitative estimate of drug-likeness (QED) is 0.235. The van der Waals surface area contributed by atoms with Gasteiger partial charge in [-0.05, 0) is 65.2 Å². The number of benzene rings is 2. The molecule has 0 saturated heterocycles. The van der Waals surface area contributed by atoms with E-state index in [-0.39, 0.29) is 0 Å². The van der Waals surface area contributed by atoms with Crippen molar-refractivity contribution in [3.05, 3.63) is 94.6 Å². The lowest BCUT2D eigenvalue weighted by Gasteiger charge is -2.24. The van der Waals surface area contributed by atoms with Crippen LogP contribution in [0.4, 0.5) is 10.5 Å². The summed E-state index contributed by atoms with van der Waals surface area (Å²) >= 11 is 6.32. The molecule has 0 radical (unpaired) electrons. The zero-order valence-electron chi connectivity index (χ0n) is 21.4. The van der Waals surface area contributed by atoms with Crippen molar-refractivity contribution in [2.45, 2.75) is 18.4 Å². The molecule has 1 aliphatic rings. The standard InChI is InChI=1S/C27H23ClN8O4/c1-34(26(37)38)20-6-3-16(4-7-20)22-13-29-25(31-22)27(40-2)10-9-17-11-18(14-36(39)24(17)27)21-12-19(28)5-8-23(21)35-15-30-32-33-35/h3-8,11-15H,9-10H2,1-2H3,(H,29,31)(H,37,38). The highest BCUT2D eigenvalue weighted by atomic mass is 35.5. The molecule has 13 heteroatoms. The number of methoxy groups -OCH3 is 1. The summed E-state index contributed by atoms with van der Waals surface area (Å²) < 4.78 is 8.38. The molecular weight excluding hydrogens is 536 g/mol. The number of nitrogens with one attached hydrogen (secondary N) is 1. The lowest BCUT2D eigenvalue weighted by molar-refractivity contribution is -0.620. The van der Waals surface area contributed by atoms with Gasteiger partial charge in [0.05, 0.1) is 17.6 Å². The molecule has 5 aromatic rings. The van der Waals surface area contributed by atoms with E-state index in [2.05, 4.69) is 25.5 Å². The van der Waals surface area contributed by atoms with Gasteiger partial charge in [0.15, 0.2) is 6.20 Å². The molecule has 202 valence electrons. The number of pyridine rings is 1. The molecule has 3 aromatic heterocycles. The molecule has 1 unspecified atom stereocenters. The van der Waals surface area contributed by atoms with E-state index in [1.807, 2.05) is 6.07 Å². The van der Waals surface area contributed by atoms with Crippen LogP contribution in [0.25, 0.3) is 28.1 Å². The van der Waals surface area contributed by atoms with Crippen LogP contribution >= 0.6 is 11.6 Å². The zero-order valence-corrected chi connectivity index (χ0v) is 22.2. The fourth-order valence-corrected chi connectivity index (χ4v) is 5.39. The van der Waals surface area contributed by atoms with E-state index in [0.29, 0.717) is 57.6 Å². The molecule has 0 bridgehead atoms. The second kappa shape index (κ2) is 9.74. The first-order chi connectivity index (χ1) is 19.3. The molecule has 1 atom stereocenters. The molecule has 1 aliphatic carbocycles. The molecule has 3 heterocycles. The van der Waals surface area contributed by atoms with Crippen LogP contribution in [-0.4, -0.2) is 55.5 Å². The number of aromatic amines is 1. The Bertz CT molecular complexity index is 1720. The Morgan fingerprint density at radius 1 is 1.23 bits per heavy atom. The van der Waals surface area contributed by atoms with Crippen LogP contribution in [0.3, 0.4) is 0 Å². The Kier molecular flexibility index (Phi) is 6.20. The van der Waals surface area contributed by atoms with Crippen LogP contribution in [0, 0.1) is 5.21 Å². The monoisotopic (exact) mass is 558 g/mol. The average Bonchev–Trinajstić information content (AvgIpc) is 3.73. The third-order valence-corrected chi connectivity index (χ3v) is 7.50. The van der Waals surface area contributed by atoms with Crippen LogP contribution in [0.5, 0.6) is 0 Å². The number of anilines is 1. The average molecular weight is 559 g/mol. The molecule has 0 aliphatic heterocycles. The second-order valence-corrected chi connectivity index (χ2v) is 9.85. The van der Waals surface area contributed by atoms with E-state index in [9.17, 15) is 15.1 Å². The highest BCUT2D eigenvalue weighted by molar-refractivity contribution is 6.31. The number of amides is 1. The summed E-state index contributed by atoms with van der Waals surface area (Å²) in [5, 5.41) is 34.8. The van der Waals surface area contributed by atoms with Crippen molar-refractivity contribution >= 4 is 23.4 Å². The number of rotatable bonds is 6. The number of hydrogen-bond acceptors (Lipinski definition) is 7. The Morgan fingerprint density at radius 2 is 2.02 bits per heavy atom. The molecular formula is C27H23ClN8O4. The van der Waals surface area contributed by atoms with E-state index < -0.39 is 11.7 Å². The van der Waals surface area contributed by atoms with Gasteiger partial charge in [0.2, 0.25) is 11.3 Å². The number of imidazole rings is 1. The van der Waals surface area contributed by atoms with Gasteiger partial charge >= 0.3 is 6.09 Å². The number of aromatic nitrogens is 7. The molecule has 0 saturated carbocycles. The zero-order chi connectivity index (χ0) is 28.0. The van der Waals surface area contributed by atoms with E-state index in [1.165, 1.54) is 24.3 Å². The molecule has 1 amide bonds. The van der Waals surface area contributed by atoms with Crippen molar-refractivity contribution in [1.29, 1.82) is 0 Å². The maximum atomic E-state index is 13.6. The number of hydrogen-bond donors (Lipinski definition) is 2. The van der Waals surface area contributed by atoms with Crippen molar-refractivity contribution in [1.82, 2.24) is 30.2 Å². The van der Waals surface area contributed by atoms with Crippen molar-refractivity contribution in [2.75, 3.05) is 19.1 Å². The van der Waals surface area contributed by atoms with Crippen LogP contribution in [0.15, 0.2) is 67.3 Å². The van der Waals surface area contributed by atoms with Crippen LogP contribution in [-0.2, 0) is 16.8 Å². The summed E-state index contributed by atoms with van der Waals surface area (Å²) in [6.45, 7) is 0. The topological polar surface area (TPSA) is 149 Å². The number of fused-ring (bicyclic) bond motifs is 1. The first-order valence-electron chi connectivity index (χ1n) is 12.3. The van der Waals surface area contributed by atoms with Gasteiger partial charge < -0.3 is 20.0 Å². The predicted octanol–water partition coefficient (Wildman–Crippen LogP) is 3.96. The molecule has 40 heavy (non-hydrogen) atoms. The van der Waals surface area contributed by atoms with Gasteiger partial charge in [0.1, 0.15) is 12.2 Å². The molecule has 0 spiro atoms. The van der Waals surface area contributed by atoms with Crippen LogP contribution < -0.4 is 9.63 Å². The number of H-pyrrole nitrogens is 1. The molecule has 0 fully saturated rings. The Balaban J connectivity index is 1.38. The Morgan fingerprint density at radius 3 is 2.73 bits per heavy atom. The SMILES string of the molecule is COC1(c2ncc(-c3ccc(N(C)C(=O)O)cc3)[nH]2)CCc2cc(-c3cc(Cl)ccc3-n3cnnn3)c[n+]([O-])c21. The highest BCUT2D eigenvalue weighted by Crippen LogP contribution is 2.43. The third-order valence-electron chi connectivity index (χ3n) is 7.26. The van der Waals surface area contributed by atoms with Crippen molar-refractivity contribution in [3.63, 3.8) is 0 Å². The first kappa shape index (κ1) is 25.5. The summed E-state index contributed by atoms with van der Waals surface area (Å²) in [4.78, 5) is 20.3. The highest BCUT2D eigenvalue weighted by Gasteiger charge is 2.50. The number of aryl methyl sites for hydroxylation is 1. The van der Waals surface area contributed by atoms with E-state index in [4.69, 9.17) is 16.3 Å². The number of nitrogens with zero attached hydrogens (tertiary/aromatic N) is 7. The fourth-order valence-electron chi connectivity index (χ4n) is 5.22. The predicted molar refractivity (Wildman–Crippen MR) is 145 cm³/mol. The maximum absolute atomic E-state index is 13.6. The number of tetrazole rings is 1. The minimum Gasteiger partial charge on any atom is -0.618 e. The maximum Gasteiger partial charge on any atom is 0.411 e. The van der Waals surface area contributed by atoms with Crippen LogP contribution in [0.2, 0.25) is 5.02 Å². The normalized spacial score (nSPS) is 16.2. The van der Waals surface area contributed by atoms with Gasteiger partial charge in [-0.1, -0.05) is 23.7 Å². The summed E-state index contributed by atoms with van der Waals surface area (Å²) in [6, 6.07) is 14.3. The smallest absolute Gasteiger partial charge is 0.411 e. The minimum atomic E-state index is -1.08. The van der Waals surface area contributed by atoms with Gasteiger partial charge in [-0.3, -0.25) is 4.90 Å². The fraction of sp³-hybridized carbons (Fsp3) is 0.185. The van der Waals surface area contributed by atoms with Crippen molar-refractivity contribution in [2.24, 2.45) is 0 Å². The molecule has 2 aromatic carbocycles. The molecule has 2 N–H and O–H groups in total. The molecule has 12 nitrogen and oxygen atoms in total. The second-order valence-electron chi connectivity index (χ2n) is 9.41. The lowest BCUT2D eigenvalue weighted by Crippen LogP contribution is -2.43. The van der Waals surface area contributed by atoms with Crippen molar-refractivity contribution < 1.29 is 19.4 Å². The summed E-state index contributed by atoms with van der Waals surface area (Å²) in [5.74, 6) is 0.505. The minimum absolute atomic E-state index is 0.462. The van der Waals surface area contributed by atoms with E-state index >= 15 is 0 Å². The van der Waals surface area contributed by atoms with Gasteiger partial charge in [0.25, 0.3) is 0 Å². The first-order valence-corrected chi connectivity index (χ1v) is 12.7. The van der Waals surface area contributed by atoms with Crippen molar-refractivity contribution in [3.8, 4) is 28.1 Å². The number of halogens is 1. The summed E-state index contributed by atoms with van der Waals surface area (Å²) in [6.07, 6.45) is 4.71. The van der Waals surface area contributed by atoms with Crippen LogP contribution in [0.1, 0.15) is 23.5 Å². The number of carbonyl (C=O) groups is 1. The van der Waals surface area contributed by atoms with E-state index in [0.717, 1.165) is 20.8 Å². The van der Waals surface area contributed by atoms with Gasteiger partial charge in [-0.25, -0.2) is 9.78 Å². The van der Waals surface area contributed by atoms with E-state index in [1.54, 1.807) is 55.8 Å². The molecule has 6 rings (SSSR count). The summed E-state index contributed by atoms with van der Waals surface area (Å²) in [5.41, 5.74) is 4.33. The Hall–Kier alpha value is -4.81. The summed E-state index contributed by atoms with van der Waals surface area (Å²) in [7, 11) is 3.04. The number of ether oxygens (including phenoxy) is 1. The van der Waals surface area contributed by atoms with Gasteiger partial charge in [-0.2, -0.15) is 9.41 Å². The van der Waals surface area contributed by atoms with Gasteiger partial charge in [-0.15, -0.1) is 5.10 Å². The lowest BCUT2D eigenvalue weighted by atomic mass is 9.98. The Labute approximate surface area is 233 Å². The number of carboxylic acid groups (broad SMARTS) is 1.